The summed E-state index contributed by atoms with van der Waals surface area (Å²) in [7, 11) is 0. The lowest BCUT2D eigenvalue weighted by Gasteiger charge is -2.31. The Balaban J connectivity index is 2.33. The van der Waals surface area contributed by atoms with Gasteiger partial charge in [0.25, 0.3) is 0 Å². The lowest BCUT2D eigenvalue weighted by Crippen LogP contribution is -2.42. The number of ether oxygens (including phenoxy) is 1. The monoisotopic (exact) mass is 249 g/mol. The van der Waals surface area contributed by atoms with Crippen molar-refractivity contribution in [2.24, 2.45) is 5.92 Å². The minimum Gasteiger partial charge on any atom is -0.481 e. The van der Waals surface area contributed by atoms with Crippen LogP contribution in [0, 0.1) is 5.92 Å². The normalized spacial score (nSPS) is 18.1. The first-order valence-corrected chi connectivity index (χ1v) is 5.88. The van der Waals surface area contributed by atoms with Crippen molar-refractivity contribution in [3.63, 3.8) is 0 Å². The van der Waals surface area contributed by atoms with Crippen molar-refractivity contribution in [2.45, 2.75) is 13.3 Å². The first-order valence-electron chi connectivity index (χ1n) is 5.88. The van der Waals surface area contributed by atoms with E-state index in [1.165, 1.54) is 4.90 Å². The molecular formula is C13H15NO4. The summed E-state index contributed by atoms with van der Waals surface area (Å²) in [6, 6.07) is 7.32. The fraction of sp³-hybridized carbons (Fsp3) is 0.385. The Morgan fingerprint density at radius 2 is 2.17 bits per heavy atom. The summed E-state index contributed by atoms with van der Waals surface area (Å²) in [5.41, 5.74) is 1.61. The number of benzene rings is 1. The average Bonchev–Trinajstić information content (AvgIpc) is 2.37. The minimum absolute atomic E-state index is 0.158. The third kappa shape index (κ3) is 2.30. The Morgan fingerprint density at radius 3 is 2.83 bits per heavy atom. The van der Waals surface area contributed by atoms with E-state index in [4.69, 9.17) is 9.84 Å². The standard InChI is InChI=1S/C13H15NO4/c1-2-18-13(17)14-8-10(12(15)16)7-9-5-3-4-6-11(9)14/h3-6,10H,2,7-8H2,1H3,(H,15,16). The average molecular weight is 249 g/mol. The second-order valence-corrected chi connectivity index (χ2v) is 4.18. The van der Waals surface area contributed by atoms with Gasteiger partial charge in [-0.05, 0) is 25.0 Å². The van der Waals surface area contributed by atoms with Crippen molar-refractivity contribution < 1.29 is 19.4 Å². The van der Waals surface area contributed by atoms with E-state index in [2.05, 4.69) is 0 Å². The number of carbonyl (C=O) groups excluding carboxylic acids is 1. The molecule has 1 aromatic carbocycles. The molecule has 0 spiro atoms. The largest absolute Gasteiger partial charge is 0.481 e. The summed E-state index contributed by atoms with van der Waals surface area (Å²) >= 11 is 0. The molecule has 0 bridgehead atoms. The molecule has 1 aliphatic heterocycles. The second kappa shape index (κ2) is 5.08. The molecular weight excluding hydrogens is 234 g/mol. The van der Waals surface area contributed by atoms with Crippen molar-refractivity contribution >= 4 is 17.7 Å². The van der Waals surface area contributed by atoms with Gasteiger partial charge in [0.1, 0.15) is 0 Å². The zero-order valence-electron chi connectivity index (χ0n) is 10.1. The zero-order chi connectivity index (χ0) is 13.1. The van der Waals surface area contributed by atoms with E-state index in [1.807, 2.05) is 24.3 Å². The molecule has 5 nitrogen and oxygen atoms in total. The van der Waals surface area contributed by atoms with E-state index in [1.54, 1.807) is 6.92 Å². The highest BCUT2D eigenvalue weighted by molar-refractivity contribution is 5.91. The van der Waals surface area contributed by atoms with Crippen molar-refractivity contribution in [3.05, 3.63) is 29.8 Å². The summed E-state index contributed by atoms with van der Waals surface area (Å²) in [5, 5.41) is 9.11. The van der Waals surface area contributed by atoms with E-state index < -0.39 is 18.0 Å². The number of rotatable bonds is 2. The highest BCUT2D eigenvalue weighted by Gasteiger charge is 2.32. The molecule has 1 amide bonds. The third-order valence-electron chi connectivity index (χ3n) is 2.99. The number of nitrogens with zero attached hydrogens (tertiary/aromatic N) is 1. The molecule has 2 rings (SSSR count). The van der Waals surface area contributed by atoms with Gasteiger partial charge in [-0.15, -0.1) is 0 Å². The number of para-hydroxylation sites is 1. The molecule has 0 saturated carbocycles. The van der Waals surface area contributed by atoms with Crippen LogP contribution in [0.25, 0.3) is 0 Å². The molecule has 1 aromatic rings. The maximum Gasteiger partial charge on any atom is 0.414 e. The first-order chi connectivity index (χ1) is 8.63. The Kier molecular flexibility index (Phi) is 3.50. The summed E-state index contributed by atoms with van der Waals surface area (Å²) in [6.45, 7) is 2.16. The van der Waals surface area contributed by atoms with Crippen LogP contribution >= 0.6 is 0 Å². The fourth-order valence-electron chi connectivity index (χ4n) is 2.14. The summed E-state index contributed by atoms with van der Waals surface area (Å²) in [4.78, 5) is 24.4. The molecule has 1 aliphatic rings. The van der Waals surface area contributed by atoms with Gasteiger partial charge in [0.15, 0.2) is 0 Å². The zero-order valence-corrected chi connectivity index (χ0v) is 10.1. The van der Waals surface area contributed by atoms with Crippen LogP contribution in [0.1, 0.15) is 12.5 Å². The molecule has 1 atom stereocenters. The number of aliphatic carboxylic acids is 1. The number of hydrogen-bond acceptors (Lipinski definition) is 3. The molecule has 18 heavy (non-hydrogen) atoms. The van der Waals surface area contributed by atoms with Gasteiger partial charge in [-0.2, -0.15) is 0 Å². The maximum absolute atomic E-state index is 11.8. The quantitative estimate of drug-likeness (QED) is 0.869. The summed E-state index contributed by atoms with van der Waals surface area (Å²) in [6.07, 6.45) is -0.0441. The van der Waals surface area contributed by atoms with Crippen LogP contribution in [0.15, 0.2) is 24.3 Å². The molecule has 0 aliphatic carbocycles. The third-order valence-corrected chi connectivity index (χ3v) is 2.99. The number of fused-ring (bicyclic) bond motifs is 1. The molecule has 1 N–H and O–H groups in total. The predicted molar refractivity (Wildman–Crippen MR) is 65.6 cm³/mol. The van der Waals surface area contributed by atoms with Crippen LogP contribution in [-0.4, -0.2) is 30.3 Å². The Hall–Kier alpha value is -2.04. The SMILES string of the molecule is CCOC(=O)N1CC(C(=O)O)Cc2ccccc21. The van der Waals surface area contributed by atoms with Crippen LogP contribution < -0.4 is 4.90 Å². The number of carboxylic acid groups (broad SMARTS) is 1. The lowest BCUT2D eigenvalue weighted by molar-refractivity contribution is -0.141. The van der Waals surface area contributed by atoms with Gasteiger partial charge in [-0.3, -0.25) is 9.69 Å². The van der Waals surface area contributed by atoms with Crippen molar-refractivity contribution in [1.29, 1.82) is 0 Å². The van der Waals surface area contributed by atoms with E-state index in [-0.39, 0.29) is 13.2 Å². The number of amides is 1. The molecule has 0 aromatic heterocycles. The number of anilines is 1. The van der Waals surface area contributed by atoms with Crippen molar-refractivity contribution in [1.82, 2.24) is 0 Å². The Morgan fingerprint density at radius 1 is 1.44 bits per heavy atom. The van der Waals surface area contributed by atoms with E-state index >= 15 is 0 Å². The lowest BCUT2D eigenvalue weighted by atomic mass is 9.93. The maximum atomic E-state index is 11.8. The first kappa shape index (κ1) is 12.4. The Bertz CT molecular complexity index is 472. The van der Waals surface area contributed by atoms with Crippen LogP contribution in [0.3, 0.4) is 0 Å². The summed E-state index contributed by atoms with van der Waals surface area (Å²) in [5.74, 6) is -1.47. The smallest absolute Gasteiger partial charge is 0.414 e. The number of hydrogen-bond donors (Lipinski definition) is 1. The Labute approximate surface area is 105 Å². The van der Waals surface area contributed by atoms with Crippen molar-refractivity contribution in [2.75, 3.05) is 18.1 Å². The second-order valence-electron chi connectivity index (χ2n) is 4.18. The summed E-state index contributed by atoms with van der Waals surface area (Å²) < 4.78 is 4.96. The predicted octanol–water partition coefficient (Wildman–Crippen LogP) is 1.91. The van der Waals surface area contributed by atoms with Crippen LogP contribution in [0.4, 0.5) is 10.5 Å². The molecule has 0 fully saturated rings. The number of carbonyl (C=O) groups is 2. The molecule has 5 heteroatoms. The molecule has 0 radical (unpaired) electrons. The molecule has 96 valence electrons. The number of carboxylic acids is 1. The van der Waals surface area contributed by atoms with E-state index in [0.29, 0.717) is 6.42 Å². The fourth-order valence-corrected chi connectivity index (χ4v) is 2.14. The topological polar surface area (TPSA) is 66.8 Å². The minimum atomic E-state index is -0.890. The van der Waals surface area contributed by atoms with Gasteiger partial charge in [-0.25, -0.2) is 4.79 Å². The molecule has 1 heterocycles. The van der Waals surface area contributed by atoms with Gasteiger partial charge in [-0.1, -0.05) is 18.2 Å². The molecule has 1 unspecified atom stereocenters. The van der Waals surface area contributed by atoms with Crippen LogP contribution in [-0.2, 0) is 16.0 Å². The van der Waals surface area contributed by atoms with Crippen LogP contribution in [0.2, 0.25) is 0 Å². The molecule has 0 saturated heterocycles. The van der Waals surface area contributed by atoms with Gasteiger partial charge >= 0.3 is 12.1 Å². The van der Waals surface area contributed by atoms with Crippen LogP contribution in [0.5, 0.6) is 0 Å². The van der Waals surface area contributed by atoms with Gasteiger partial charge in [0, 0.05) is 6.54 Å². The van der Waals surface area contributed by atoms with Gasteiger partial charge < -0.3 is 9.84 Å². The van der Waals surface area contributed by atoms with E-state index in [0.717, 1.165) is 11.3 Å². The van der Waals surface area contributed by atoms with Gasteiger partial charge in [0.2, 0.25) is 0 Å². The highest BCUT2D eigenvalue weighted by Crippen LogP contribution is 2.30. The highest BCUT2D eigenvalue weighted by atomic mass is 16.6. The van der Waals surface area contributed by atoms with Gasteiger partial charge in [0.05, 0.1) is 18.2 Å². The van der Waals surface area contributed by atoms with E-state index in [9.17, 15) is 9.59 Å². The van der Waals surface area contributed by atoms with Crippen molar-refractivity contribution in [3.8, 4) is 0 Å².